The van der Waals surface area contributed by atoms with Crippen LogP contribution in [-0.2, 0) is 38.7 Å². The van der Waals surface area contributed by atoms with Crippen molar-refractivity contribution < 1.29 is 28.5 Å². The van der Waals surface area contributed by atoms with Crippen LogP contribution in [0.25, 0.3) is 10.8 Å². The largest absolute Gasteiger partial charge is 0.445 e. The van der Waals surface area contributed by atoms with Gasteiger partial charge in [-0.1, -0.05) is 91.0 Å². The predicted octanol–water partition coefficient (Wildman–Crippen LogP) is 7.79. The summed E-state index contributed by atoms with van der Waals surface area (Å²) >= 11 is 0. The van der Waals surface area contributed by atoms with Gasteiger partial charge >= 0.3 is 12.2 Å². The number of benzene rings is 4. The molecule has 4 aromatic rings. The van der Waals surface area contributed by atoms with Crippen molar-refractivity contribution in [3.05, 3.63) is 119 Å². The maximum atomic E-state index is 13.3. The van der Waals surface area contributed by atoms with Gasteiger partial charge in [0.05, 0.1) is 25.9 Å². The molecule has 47 heavy (non-hydrogen) atoms. The molecule has 0 aromatic heterocycles. The van der Waals surface area contributed by atoms with E-state index in [1.54, 1.807) is 24.0 Å². The highest BCUT2D eigenvalue weighted by atomic mass is 16.6. The van der Waals surface area contributed by atoms with Crippen molar-refractivity contribution >= 4 is 23.0 Å². The number of amides is 2. The Bertz CT molecular complexity index is 1620. The number of fused-ring (bicyclic) bond motifs is 1. The van der Waals surface area contributed by atoms with Gasteiger partial charge in [0.2, 0.25) is 0 Å². The molecule has 0 N–H and O–H groups in total. The first kappa shape index (κ1) is 33.9. The molecule has 1 heterocycles. The van der Waals surface area contributed by atoms with Crippen LogP contribution in [0.5, 0.6) is 0 Å². The summed E-state index contributed by atoms with van der Waals surface area (Å²) in [5.41, 5.74) is 3.46. The summed E-state index contributed by atoms with van der Waals surface area (Å²) in [7, 11) is 3.41. The fourth-order valence-electron chi connectivity index (χ4n) is 6.14. The number of piperidine rings is 1. The fourth-order valence-corrected chi connectivity index (χ4v) is 6.14. The molecule has 3 unspecified atom stereocenters. The Morgan fingerprint density at radius 1 is 0.809 bits per heavy atom. The highest BCUT2D eigenvalue weighted by molar-refractivity contribution is 5.83. The Morgan fingerprint density at radius 3 is 2.19 bits per heavy atom. The zero-order valence-corrected chi connectivity index (χ0v) is 28.1. The normalized spacial score (nSPS) is 18.1. The standard InChI is InChI=1S/C39H46N2O6/c1-39(2,3)47-38(43)41-23-34(27-44-5)36(35(24-41)45-26-30-17-18-31-13-9-10-14-33(31)21-30)32-19-15-29(16-20-32)25-46-37(42)40(4)22-28-11-7-6-8-12-28/h6-21,34-36H,22-27H2,1-5H3. The lowest BCUT2D eigenvalue weighted by molar-refractivity contribution is -0.0629. The lowest BCUT2D eigenvalue weighted by atomic mass is 9.78. The van der Waals surface area contributed by atoms with Gasteiger partial charge in [-0.05, 0) is 59.9 Å². The summed E-state index contributed by atoms with van der Waals surface area (Å²) in [5, 5.41) is 2.33. The highest BCUT2D eigenvalue weighted by Crippen LogP contribution is 2.37. The maximum absolute atomic E-state index is 13.3. The zero-order valence-electron chi connectivity index (χ0n) is 28.1. The van der Waals surface area contributed by atoms with Gasteiger partial charge in [-0.15, -0.1) is 0 Å². The van der Waals surface area contributed by atoms with Gasteiger partial charge in [-0.3, -0.25) is 0 Å². The van der Waals surface area contributed by atoms with Crippen molar-refractivity contribution in [2.75, 3.05) is 33.9 Å². The number of carbonyl (C=O) groups excluding carboxylic acids is 2. The Hall–Kier alpha value is -4.40. The Labute approximate surface area is 278 Å². The fraction of sp³-hybridized carbons (Fsp3) is 0.385. The molecule has 3 atom stereocenters. The molecule has 4 aromatic carbocycles. The Morgan fingerprint density at radius 2 is 1.49 bits per heavy atom. The molecule has 8 heteroatoms. The van der Waals surface area contributed by atoms with Crippen molar-refractivity contribution in [1.82, 2.24) is 9.80 Å². The van der Waals surface area contributed by atoms with E-state index in [1.807, 2.05) is 75.4 Å². The molecule has 5 rings (SSSR count). The minimum absolute atomic E-state index is 0.0295. The van der Waals surface area contributed by atoms with E-state index in [2.05, 4.69) is 42.5 Å². The Kier molecular flexibility index (Phi) is 11.2. The summed E-state index contributed by atoms with van der Waals surface area (Å²) in [5.74, 6) is -0.0686. The number of methoxy groups -OCH3 is 1. The molecule has 0 aliphatic carbocycles. The summed E-state index contributed by atoms with van der Waals surface area (Å²) in [6.45, 7) is 7.98. The summed E-state index contributed by atoms with van der Waals surface area (Å²) < 4.78 is 23.7. The van der Waals surface area contributed by atoms with Gasteiger partial charge in [0.15, 0.2) is 0 Å². The van der Waals surface area contributed by atoms with Crippen LogP contribution < -0.4 is 0 Å². The number of hydrogen-bond donors (Lipinski definition) is 0. The summed E-state index contributed by atoms with van der Waals surface area (Å²) in [6, 6.07) is 32.6. The molecule has 8 nitrogen and oxygen atoms in total. The van der Waals surface area contributed by atoms with Crippen molar-refractivity contribution in [2.24, 2.45) is 5.92 Å². The first-order valence-corrected chi connectivity index (χ1v) is 16.2. The van der Waals surface area contributed by atoms with E-state index in [4.69, 9.17) is 18.9 Å². The quantitative estimate of drug-likeness (QED) is 0.177. The van der Waals surface area contributed by atoms with Crippen LogP contribution in [0.3, 0.4) is 0 Å². The van der Waals surface area contributed by atoms with Crippen molar-refractivity contribution in [1.29, 1.82) is 0 Å². The number of carbonyl (C=O) groups is 2. The van der Waals surface area contributed by atoms with Crippen LogP contribution in [0, 0.1) is 5.92 Å². The van der Waals surface area contributed by atoms with Gasteiger partial charge in [-0.25, -0.2) is 9.59 Å². The number of nitrogens with zero attached hydrogens (tertiary/aromatic N) is 2. The lowest BCUT2D eigenvalue weighted by Gasteiger charge is -2.44. The van der Waals surface area contributed by atoms with E-state index in [-0.39, 0.29) is 36.7 Å². The van der Waals surface area contributed by atoms with Crippen molar-refractivity contribution in [3.8, 4) is 0 Å². The highest BCUT2D eigenvalue weighted by Gasteiger charge is 2.41. The molecule has 2 amide bonds. The lowest BCUT2D eigenvalue weighted by Crippen LogP contribution is -2.53. The molecule has 0 radical (unpaired) electrons. The molecule has 0 saturated carbocycles. The number of likely N-dealkylation sites (tertiary alicyclic amines) is 1. The third kappa shape index (κ3) is 9.33. The van der Waals surface area contributed by atoms with Gasteiger partial charge in [0, 0.05) is 39.1 Å². The number of hydrogen-bond acceptors (Lipinski definition) is 6. The van der Waals surface area contributed by atoms with E-state index < -0.39 is 5.60 Å². The first-order chi connectivity index (χ1) is 22.6. The molecule has 1 aliphatic heterocycles. The van der Waals surface area contributed by atoms with E-state index >= 15 is 0 Å². The molecule has 0 bridgehead atoms. The second kappa shape index (κ2) is 15.5. The van der Waals surface area contributed by atoms with Gasteiger partial charge in [0.25, 0.3) is 0 Å². The molecule has 1 aliphatic rings. The van der Waals surface area contributed by atoms with Gasteiger partial charge in [0.1, 0.15) is 12.2 Å². The maximum Gasteiger partial charge on any atom is 0.410 e. The number of ether oxygens (including phenoxy) is 4. The minimum atomic E-state index is -0.609. The van der Waals surface area contributed by atoms with E-state index in [0.717, 1.165) is 27.6 Å². The van der Waals surface area contributed by atoms with Gasteiger partial charge < -0.3 is 28.7 Å². The first-order valence-electron chi connectivity index (χ1n) is 16.2. The summed E-state index contributed by atoms with van der Waals surface area (Å²) in [4.78, 5) is 29.2. The molecule has 248 valence electrons. The van der Waals surface area contributed by atoms with Crippen LogP contribution in [0.1, 0.15) is 48.9 Å². The second-order valence-electron chi connectivity index (χ2n) is 13.3. The van der Waals surface area contributed by atoms with Crippen molar-refractivity contribution in [3.63, 3.8) is 0 Å². The minimum Gasteiger partial charge on any atom is -0.445 e. The Balaban J connectivity index is 1.31. The van der Waals surface area contributed by atoms with Crippen LogP contribution in [0.2, 0.25) is 0 Å². The third-order valence-electron chi connectivity index (χ3n) is 8.38. The van der Waals surface area contributed by atoms with Gasteiger partial charge in [-0.2, -0.15) is 0 Å². The summed E-state index contributed by atoms with van der Waals surface area (Å²) in [6.07, 6.45) is -1.04. The number of rotatable bonds is 10. The topological polar surface area (TPSA) is 77.5 Å². The molecular formula is C39H46N2O6. The smallest absolute Gasteiger partial charge is 0.410 e. The van der Waals surface area contributed by atoms with Crippen molar-refractivity contribution in [2.45, 2.75) is 58.2 Å². The van der Waals surface area contributed by atoms with E-state index in [0.29, 0.717) is 32.8 Å². The molecule has 1 fully saturated rings. The second-order valence-corrected chi connectivity index (χ2v) is 13.3. The monoisotopic (exact) mass is 638 g/mol. The van der Waals surface area contributed by atoms with Crippen LogP contribution >= 0.6 is 0 Å². The van der Waals surface area contributed by atoms with Crippen LogP contribution in [-0.4, -0.2) is 67.5 Å². The zero-order chi connectivity index (χ0) is 33.4. The average molecular weight is 639 g/mol. The SMILES string of the molecule is COCC1CN(C(=O)OC(C)(C)C)CC(OCc2ccc3ccccc3c2)C1c1ccc(COC(=O)N(C)Cc2ccccc2)cc1. The van der Waals surface area contributed by atoms with E-state index in [9.17, 15) is 9.59 Å². The average Bonchev–Trinajstić information content (AvgIpc) is 3.06. The molecular weight excluding hydrogens is 592 g/mol. The van der Waals surface area contributed by atoms with Crippen LogP contribution in [0.15, 0.2) is 97.1 Å². The molecule has 0 spiro atoms. The third-order valence-corrected chi connectivity index (χ3v) is 8.38. The van der Waals surface area contributed by atoms with Crippen LogP contribution in [0.4, 0.5) is 9.59 Å². The molecule has 1 saturated heterocycles. The predicted molar refractivity (Wildman–Crippen MR) is 183 cm³/mol. The van der Waals surface area contributed by atoms with E-state index in [1.165, 1.54) is 5.39 Å².